The maximum atomic E-state index is 13.8. The summed E-state index contributed by atoms with van der Waals surface area (Å²) in [7, 11) is 1.71. The van der Waals surface area contributed by atoms with Crippen molar-refractivity contribution in [2.45, 2.75) is 71.7 Å². The Bertz CT molecular complexity index is 1510. The predicted octanol–water partition coefficient (Wildman–Crippen LogP) is 3.93. The van der Waals surface area contributed by atoms with Gasteiger partial charge in [0.1, 0.15) is 24.4 Å². The molecule has 0 aliphatic carbocycles. The SMILES string of the molecule is CC.Cc1ccc2cc1CNC(=O)C(c1cnn(C)c1)NC(=O)[C@@H](NC(=O)OCc1ccccc1)CC(=O)N1CCCC(CCO2)C1. The normalized spacial score (nSPS) is 20.6. The number of hydrogen-bond acceptors (Lipinski definition) is 7. The molecule has 1 fully saturated rings. The first-order valence-corrected chi connectivity index (χ1v) is 16.3. The minimum Gasteiger partial charge on any atom is -0.494 e. The lowest BCUT2D eigenvalue weighted by Gasteiger charge is -2.34. The van der Waals surface area contributed by atoms with Gasteiger partial charge in [-0.15, -0.1) is 0 Å². The Labute approximate surface area is 276 Å². The highest BCUT2D eigenvalue weighted by Crippen LogP contribution is 2.23. The zero-order chi connectivity index (χ0) is 33.8. The molecular weight excluding hydrogens is 600 g/mol. The average molecular weight is 647 g/mol. The van der Waals surface area contributed by atoms with E-state index in [1.165, 1.54) is 10.9 Å². The Morgan fingerprint density at radius 2 is 1.87 bits per heavy atom. The number of nitrogens with one attached hydrogen (secondary N) is 3. The molecule has 1 saturated heterocycles. The van der Waals surface area contributed by atoms with Crippen molar-refractivity contribution in [2.75, 3.05) is 19.7 Å². The number of benzene rings is 2. The average Bonchev–Trinajstić information content (AvgIpc) is 3.52. The van der Waals surface area contributed by atoms with Crippen LogP contribution >= 0.6 is 0 Å². The van der Waals surface area contributed by atoms with Crippen molar-refractivity contribution in [1.29, 1.82) is 0 Å². The van der Waals surface area contributed by atoms with Crippen LogP contribution in [0.2, 0.25) is 0 Å². The monoisotopic (exact) mass is 646 g/mol. The number of hydrogen-bond donors (Lipinski definition) is 3. The first kappa shape index (κ1) is 35.0. The van der Waals surface area contributed by atoms with Gasteiger partial charge in [0.15, 0.2) is 0 Å². The van der Waals surface area contributed by atoms with Crippen molar-refractivity contribution in [3.05, 3.63) is 83.2 Å². The first-order chi connectivity index (χ1) is 22.7. The molecule has 2 aromatic carbocycles. The molecule has 3 atom stereocenters. The van der Waals surface area contributed by atoms with Crippen LogP contribution in [0.5, 0.6) is 5.75 Å². The lowest BCUT2D eigenvalue weighted by Crippen LogP contribution is -2.52. The maximum Gasteiger partial charge on any atom is 0.408 e. The molecule has 252 valence electrons. The highest BCUT2D eigenvalue weighted by Gasteiger charge is 2.33. The Kier molecular flexibility index (Phi) is 12.8. The molecule has 0 spiro atoms. The molecule has 3 N–H and O–H groups in total. The van der Waals surface area contributed by atoms with Gasteiger partial charge >= 0.3 is 6.09 Å². The molecule has 2 aliphatic heterocycles. The van der Waals surface area contributed by atoms with Crippen molar-refractivity contribution in [3.8, 4) is 5.75 Å². The third-order valence-corrected chi connectivity index (χ3v) is 8.25. The summed E-state index contributed by atoms with van der Waals surface area (Å²) >= 11 is 0. The Balaban J connectivity index is 0.00000245. The van der Waals surface area contributed by atoms with E-state index in [4.69, 9.17) is 9.47 Å². The fourth-order valence-corrected chi connectivity index (χ4v) is 5.64. The van der Waals surface area contributed by atoms with Crippen molar-refractivity contribution in [3.63, 3.8) is 0 Å². The second-order valence-corrected chi connectivity index (χ2v) is 11.6. The Hall–Kier alpha value is -4.87. The van der Waals surface area contributed by atoms with Crippen LogP contribution in [0, 0.1) is 12.8 Å². The van der Waals surface area contributed by atoms with E-state index in [1.54, 1.807) is 18.1 Å². The largest absolute Gasteiger partial charge is 0.494 e. The molecule has 0 radical (unpaired) electrons. The van der Waals surface area contributed by atoms with Crippen molar-refractivity contribution in [2.24, 2.45) is 13.0 Å². The number of rotatable bonds is 4. The van der Waals surface area contributed by atoms with Crippen LogP contribution in [-0.4, -0.2) is 64.2 Å². The van der Waals surface area contributed by atoms with Crippen LogP contribution in [0.25, 0.3) is 0 Å². The van der Waals surface area contributed by atoms with Gasteiger partial charge in [-0.1, -0.05) is 50.2 Å². The molecule has 47 heavy (non-hydrogen) atoms. The van der Waals surface area contributed by atoms with Gasteiger partial charge in [-0.25, -0.2) is 4.79 Å². The van der Waals surface area contributed by atoms with Gasteiger partial charge in [0.05, 0.1) is 19.2 Å². The minimum atomic E-state index is -1.28. The second kappa shape index (κ2) is 17.2. The van der Waals surface area contributed by atoms with Gasteiger partial charge in [-0.2, -0.15) is 5.10 Å². The number of alkyl carbamates (subject to hydrolysis) is 1. The van der Waals surface area contributed by atoms with E-state index in [-0.39, 0.29) is 31.4 Å². The van der Waals surface area contributed by atoms with Crippen molar-refractivity contribution < 1.29 is 28.7 Å². The van der Waals surface area contributed by atoms with E-state index in [1.807, 2.05) is 69.3 Å². The molecule has 12 nitrogen and oxygen atoms in total. The zero-order valence-electron chi connectivity index (χ0n) is 27.7. The van der Waals surface area contributed by atoms with Gasteiger partial charge in [0.2, 0.25) is 17.7 Å². The van der Waals surface area contributed by atoms with Crippen LogP contribution in [0.4, 0.5) is 4.79 Å². The van der Waals surface area contributed by atoms with E-state index < -0.39 is 30.0 Å². The number of fused-ring (bicyclic) bond motifs is 4. The van der Waals surface area contributed by atoms with Gasteiger partial charge < -0.3 is 30.3 Å². The van der Waals surface area contributed by atoms with Crippen LogP contribution in [0.1, 0.15) is 67.8 Å². The number of carbonyl (C=O) groups is 4. The van der Waals surface area contributed by atoms with Gasteiger partial charge in [-0.3, -0.25) is 19.1 Å². The van der Waals surface area contributed by atoms with E-state index >= 15 is 0 Å². The van der Waals surface area contributed by atoms with Gasteiger partial charge in [0, 0.05) is 38.4 Å². The number of carbonyl (C=O) groups excluding carboxylic acids is 4. The number of aromatic nitrogens is 2. The fraction of sp³-hybridized carbons (Fsp3) is 0.457. The molecule has 4 amide bonds. The summed E-state index contributed by atoms with van der Waals surface area (Å²) in [6, 6.07) is 12.5. The molecule has 0 saturated carbocycles. The number of ether oxygens (including phenoxy) is 2. The summed E-state index contributed by atoms with van der Waals surface area (Å²) in [6.45, 7) is 7.74. The molecule has 2 aliphatic rings. The number of nitrogens with zero attached hydrogens (tertiary/aromatic N) is 3. The maximum absolute atomic E-state index is 13.8. The summed E-state index contributed by atoms with van der Waals surface area (Å²) < 4.78 is 13.0. The number of amides is 4. The van der Waals surface area contributed by atoms with E-state index in [2.05, 4.69) is 21.0 Å². The lowest BCUT2D eigenvalue weighted by atomic mass is 9.94. The first-order valence-electron chi connectivity index (χ1n) is 16.3. The molecule has 5 rings (SSSR count). The lowest BCUT2D eigenvalue weighted by molar-refractivity contribution is -0.137. The fourth-order valence-electron chi connectivity index (χ4n) is 5.64. The van der Waals surface area contributed by atoms with Crippen LogP contribution in [0.3, 0.4) is 0 Å². The molecule has 3 aromatic rings. The highest BCUT2D eigenvalue weighted by atomic mass is 16.5. The molecule has 1 aromatic heterocycles. The van der Waals surface area contributed by atoms with E-state index in [0.29, 0.717) is 31.0 Å². The number of aryl methyl sites for hydroxylation is 2. The predicted molar refractivity (Wildman–Crippen MR) is 176 cm³/mol. The Morgan fingerprint density at radius 3 is 2.62 bits per heavy atom. The smallest absolute Gasteiger partial charge is 0.408 e. The molecular formula is C35H46N6O6. The highest BCUT2D eigenvalue weighted by molar-refractivity contribution is 5.94. The Morgan fingerprint density at radius 1 is 1.09 bits per heavy atom. The van der Waals surface area contributed by atoms with E-state index in [0.717, 1.165) is 36.0 Å². The van der Waals surface area contributed by atoms with Crippen LogP contribution in [0.15, 0.2) is 60.9 Å². The van der Waals surface area contributed by atoms with Crippen molar-refractivity contribution >= 4 is 23.8 Å². The van der Waals surface area contributed by atoms with Crippen LogP contribution < -0.4 is 20.7 Å². The number of piperidine rings is 1. The third-order valence-electron chi connectivity index (χ3n) is 8.25. The molecule has 2 unspecified atom stereocenters. The van der Waals surface area contributed by atoms with Gasteiger partial charge in [0.25, 0.3) is 0 Å². The standard InChI is InChI=1S/C33H40N6O6.C2H6/c1-22-10-11-27-15-25(22)17-34-32(42)30(26-18-35-38(2)20-26)37-31(41)28(36-33(43)45-21-24-7-4-3-5-8-24)16-29(40)39-13-6-9-23(19-39)12-14-44-27;1-2/h3-5,7-8,10-11,15,18,20,23,28,30H,6,9,12-14,16-17,19,21H2,1-2H3,(H,34,42)(H,36,43)(H,37,41);1-2H3/t23?,28-,30?;/m0./s1. The summed E-state index contributed by atoms with van der Waals surface area (Å²) in [4.78, 5) is 55.5. The molecule has 12 heteroatoms. The van der Waals surface area contributed by atoms with Crippen LogP contribution in [-0.2, 0) is 39.3 Å². The summed E-state index contributed by atoms with van der Waals surface area (Å²) in [5, 5.41) is 12.4. The minimum absolute atomic E-state index is 0.00777. The van der Waals surface area contributed by atoms with Crippen molar-refractivity contribution in [1.82, 2.24) is 30.6 Å². The third kappa shape index (κ3) is 10.1. The summed E-state index contributed by atoms with van der Waals surface area (Å²) in [5.74, 6) is -0.475. The van der Waals surface area contributed by atoms with E-state index in [9.17, 15) is 19.2 Å². The van der Waals surface area contributed by atoms with Gasteiger partial charge in [-0.05, 0) is 60.9 Å². The molecule has 4 bridgehead atoms. The summed E-state index contributed by atoms with van der Waals surface area (Å²) in [5.41, 5.74) is 3.09. The topological polar surface area (TPSA) is 144 Å². The zero-order valence-corrected chi connectivity index (χ0v) is 27.7. The quantitative estimate of drug-likeness (QED) is 0.390. The summed E-state index contributed by atoms with van der Waals surface area (Å²) in [6.07, 6.45) is 4.56. The molecule has 3 heterocycles. The second-order valence-electron chi connectivity index (χ2n) is 11.6.